The number of aryl methyl sites for hydroxylation is 1. The zero-order valence-electron chi connectivity index (χ0n) is 7.68. The van der Waals surface area contributed by atoms with Gasteiger partial charge < -0.3 is 10.2 Å². The van der Waals surface area contributed by atoms with Gasteiger partial charge in [-0.1, -0.05) is 6.07 Å². The first-order chi connectivity index (χ1) is 5.57. The van der Waals surface area contributed by atoms with Crippen LogP contribution in [0.1, 0.15) is 22.3 Å². The van der Waals surface area contributed by atoms with Gasteiger partial charge in [-0.05, 0) is 43.0 Å². The molecule has 1 rings (SSSR count). The van der Waals surface area contributed by atoms with Crippen LogP contribution < -0.4 is 0 Å². The highest BCUT2D eigenvalue weighted by molar-refractivity contribution is 5.48. The minimum atomic E-state index is -0.0134. The minimum Gasteiger partial charge on any atom is -0.507 e. The highest BCUT2D eigenvalue weighted by Gasteiger charge is 2.07. The summed E-state index contributed by atoms with van der Waals surface area (Å²) in [6.07, 6.45) is 0. The number of rotatable bonds is 1. The third-order valence-electron chi connectivity index (χ3n) is 2.34. The predicted octanol–water partition coefficient (Wildman–Crippen LogP) is 1.81. The Labute approximate surface area is 72.5 Å². The van der Waals surface area contributed by atoms with Gasteiger partial charge in [-0.15, -0.1) is 0 Å². The Balaban J connectivity index is 3.39. The van der Waals surface area contributed by atoms with E-state index in [1.807, 2.05) is 26.8 Å². The number of aromatic hydroxyl groups is 1. The standard InChI is InChI=1S/C10H14O2/c1-6-4-9(5-11)8(3)10(12)7(6)2/h4,11-12H,5H2,1-3H3. The summed E-state index contributed by atoms with van der Waals surface area (Å²) in [5.41, 5.74) is 3.49. The molecule has 0 bridgehead atoms. The summed E-state index contributed by atoms with van der Waals surface area (Å²) in [6.45, 7) is 5.60. The zero-order valence-corrected chi connectivity index (χ0v) is 7.68. The van der Waals surface area contributed by atoms with Crippen molar-refractivity contribution in [3.05, 3.63) is 28.3 Å². The quantitative estimate of drug-likeness (QED) is 0.668. The van der Waals surface area contributed by atoms with E-state index < -0.39 is 0 Å². The molecule has 2 heteroatoms. The first-order valence-electron chi connectivity index (χ1n) is 3.97. The molecule has 0 saturated carbocycles. The lowest BCUT2D eigenvalue weighted by atomic mass is 10.00. The van der Waals surface area contributed by atoms with Crippen molar-refractivity contribution >= 4 is 0 Å². The molecule has 0 heterocycles. The first-order valence-corrected chi connectivity index (χ1v) is 3.97. The zero-order chi connectivity index (χ0) is 9.30. The summed E-state index contributed by atoms with van der Waals surface area (Å²) < 4.78 is 0. The monoisotopic (exact) mass is 166 g/mol. The number of phenols is 1. The second-order valence-electron chi connectivity index (χ2n) is 3.11. The number of phenolic OH excluding ortho intramolecular Hbond substituents is 1. The molecule has 0 atom stereocenters. The largest absolute Gasteiger partial charge is 0.507 e. The fourth-order valence-electron chi connectivity index (χ4n) is 1.26. The van der Waals surface area contributed by atoms with Crippen molar-refractivity contribution in [3.8, 4) is 5.75 Å². The van der Waals surface area contributed by atoms with Gasteiger partial charge in [-0.25, -0.2) is 0 Å². The van der Waals surface area contributed by atoms with Crippen molar-refractivity contribution in [3.63, 3.8) is 0 Å². The molecule has 12 heavy (non-hydrogen) atoms. The Hall–Kier alpha value is -1.02. The van der Waals surface area contributed by atoms with Crippen molar-refractivity contribution in [1.82, 2.24) is 0 Å². The number of hydrogen-bond donors (Lipinski definition) is 2. The Bertz CT molecular complexity index is 303. The number of benzene rings is 1. The molecule has 0 saturated heterocycles. The number of aliphatic hydroxyl groups excluding tert-OH is 1. The Kier molecular flexibility index (Phi) is 2.38. The van der Waals surface area contributed by atoms with Crippen molar-refractivity contribution in [2.24, 2.45) is 0 Å². The molecule has 0 radical (unpaired) electrons. The fourth-order valence-corrected chi connectivity index (χ4v) is 1.26. The highest BCUT2D eigenvalue weighted by Crippen LogP contribution is 2.27. The van der Waals surface area contributed by atoms with Gasteiger partial charge in [-0.2, -0.15) is 0 Å². The lowest BCUT2D eigenvalue weighted by Crippen LogP contribution is -1.93. The van der Waals surface area contributed by atoms with Crippen LogP contribution in [0.4, 0.5) is 0 Å². The maximum absolute atomic E-state index is 9.59. The minimum absolute atomic E-state index is 0.0134. The van der Waals surface area contributed by atoms with Gasteiger partial charge in [0.25, 0.3) is 0 Å². The molecule has 0 unspecified atom stereocenters. The lowest BCUT2D eigenvalue weighted by molar-refractivity contribution is 0.280. The average Bonchev–Trinajstić information content (AvgIpc) is 2.08. The SMILES string of the molecule is Cc1cc(CO)c(C)c(O)c1C. The fraction of sp³-hybridized carbons (Fsp3) is 0.400. The van der Waals surface area contributed by atoms with Crippen LogP contribution in [0.25, 0.3) is 0 Å². The van der Waals surface area contributed by atoms with E-state index in [0.29, 0.717) is 5.75 Å². The van der Waals surface area contributed by atoms with Crippen LogP contribution in [-0.4, -0.2) is 10.2 Å². The summed E-state index contributed by atoms with van der Waals surface area (Å²) in [4.78, 5) is 0. The van der Waals surface area contributed by atoms with Gasteiger partial charge in [0.1, 0.15) is 5.75 Å². The molecule has 0 aliphatic heterocycles. The van der Waals surface area contributed by atoms with Crippen LogP contribution in [0, 0.1) is 20.8 Å². The lowest BCUT2D eigenvalue weighted by Gasteiger charge is -2.10. The second kappa shape index (κ2) is 3.15. The van der Waals surface area contributed by atoms with Crippen LogP contribution in [0.5, 0.6) is 5.75 Å². The molecule has 66 valence electrons. The predicted molar refractivity (Wildman–Crippen MR) is 48.2 cm³/mol. The van der Waals surface area contributed by atoms with E-state index in [9.17, 15) is 5.11 Å². The first kappa shape index (κ1) is 9.07. The summed E-state index contributed by atoms with van der Waals surface area (Å²) in [7, 11) is 0. The van der Waals surface area contributed by atoms with Crippen LogP contribution in [0.3, 0.4) is 0 Å². The summed E-state index contributed by atoms with van der Waals surface area (Å²) in [5, 5.41) is 18.5. The normalized spacial score (nSPS) is 10.3. The molecule has 0 aromatic heterocycles. The summed E-state index contributed by atoms with van der Waals surface area (Å²) in [6, 6.07) is 1.91. The average molecular weight is 166 g/mol. The molecule has 1 aromatic rings. The molecule has 0 fully saturated rings. The van der Waals surface area contributed by atoms with E-state index in [2.05, 4.69) is 0 Å². The maximum Gasteiger partial charge on any atom is 0.122 e. The summed E-state index contributed by atoms with van der Waals surface area (Å²) >= 11 is 0. The van der Waals surface area contributed by atoms with Gasteiger partial charge >= 0.3 is 0 Å². The van der Waals surface area contributed by atoms with Gasteiger partial charge in [0.15, 0.2) is 0 Å². The van der Waals surface area contributed by atoms with Crippen LogP contribution in [-0.2, 0) is 6.61 Å². The van der Waals surface area contributed by atoms with E-state index in [1.165, 1.54) is 0 Å². The molecule has 0 spiro atoms. The second-order valence-corrected chi connectivity index (χ2v) is 3.11. The summed E-state index contributed by atoms with van der Waals surface area (Å²) in [5.74, 6) is 0.305. The van der Waals surface area contributed by atoms with E-state index >= 15 is 0 Å². The van der Waals surface area contributed by atoms with E-state index in [4.69, 9.17) is 5.11 Å². The highest BCUT2D eigenvalue weighted by atomic mass is 16.3. The molecular weight excluding hydrogens is 152 g/mol. The van der Waals surface area contributed by atoms with Crippen molar-refractivity contribution in [2.45, 2.75) is 27.4 Å². The van der Waals surface area contributed by atoms with Gasteiger partial charge in [-0.3, -0.25) is 0 Å². The molecule has 0 aliphatic carbocycles. The number of hydrogen-bond acceptors (Lipinski definition) is 2. The van der Waals surface area contributed by atoms with Crippen molar-refractivity contribution in [2.75, 3.05) is 0 Å². The van der Waals surface area contributed by atoms with Gasteiger partial charge in [0.05, 0.1) is 6.61 Å². The molecule has 0 amide bonds. The Morgan fingerprint density at radius 1 is 1.17 bits per heavy atom. The number of aliphatic hydroxyl groups is 1. The molecule has 2 nitrogen and oxygen atoms in total. The Morgan fingerprint density at radius 2 is 1.75 bits per heavy atom. The van der Waals surface area contributed by atoms with Gasteiger partial charge in [0.2, 0.25) is 0 Å². The Morgan fingerprint density at radius 3 is 2.25 bits per heavy atom. The molecular formula is C10H14O2. The molecule has 2 N–H and O–H groups in total. The van der Waals surface area contributed by atoms with E-state index in [0.717, 1.165) is 22.3 Å². The van der Waals surface area contributed by atoms with E-state index in [1.54, 1.807) is 0 Å². The third kappa shape index (κ3) is 1.30. The van der Waals surface area contributed by atoms with Gasteiger partial charge in [0, 0.05) is 0 Å². The molecule has 0 aliphatic rings. The van der Waals surface area contributed by atoms with Crippen LogP contribution in [0.15, 0.2) is 6.07 Å². The van der Waals surface area contributed by atoms with Crippen LogP contribution >= 0.6 is 0 Å². The third-order valence-corrected chi connectivity index (χ3v) is 2.34. The van der Waals surface area contributed by atoms with Crippen LogP contribution in [0.2, 0.25) is 0 Å². The van der Waals surface area contributed by atoms with E-state index in [-0.39, 0.29) is 6.61 Å². The maximum atomic E-state index is 9.59. The smallest absolute Gasteiger partial charge is 0.122 e. The topological polar surface area (TPSA) is 40.5 Å². The van der Waals surface area contributed by atoms with Crippen molar-refractivity contribution < 1.29 is 10.2 Å². The molecule has 1 aromatic carbocycles. The van der Waals surface area contributed by atoms with Crippen molar-refractivity contribution in [1.29, 1.82) is 0 Å².